The summed E-state index contributed by atoms with van der Waals surface area (Å²) in [4.78, 5) is 11.9. The van der Waals surface area contributed by atoms with E-state index >= 15 is 0 Å². The Bertz CT molecular complexity index is 523. The van der Waals surface area contributed by atoms with E-state index in [1.807, 2.05) is 19.1 Å². The van der Waals surface area contributed by atoms with Gasteiger partial charge in [0.15, 0.2) is 0 Å². The summed E-state index contributed by atoms with van der Waals surface area (Å²) >= 11 is 1.33. The summed E-state index contributed by atoms with van der Waals surface area (Å²) < 4.78 is 7.50. The zero-order chi connectivity index (χ0) is 13.2. The highest BCUT2D eigenvalue weighted by molar-refractivity contribution is 8.11. The third kappa shape index (κ3) is 2.85. The molecule has 0 aliphatic carbocycles. The van der Waals surface area contributed by atoms with Gasteiger partial charge in [-0.25, -0.2) is 0 Å². The van der Waals surface area contributed by atoms with E-state index in [9.17, 15) is 4.79 Å². The van der Waals surface area contributed by atoms with Crippen LogP contribution in [0.2, 0.25) is 0 Å². The molecule has 4 heteroatoms. The lowest BCUT2D eigenvalue weighted by atomic mass is 10.0. The maximum Gasteiger partial charge on any atom is 0.209 e. The molecule has 1 atom stereocenters. The fourth-order valence-electron chi connectivity index (χ4n) is 2.23. The third-order valence-corrected chi connectivity index (χ3v) is 4.26. The first-order valence-corrected chi connectivity index (χ1v) is 7.44. The number of nitrogens with zero attached hydrogens (tertiary/aromatic N) is 1. The van der Waals surface area contributed by atoms with Gasteiger partial charge in [-0.05, 0) is 23.6 Å². The van der Waals surface area contributed by atoms with Crippen molar-refractivity contribution in [3.63, 3.8) is 0 Å². The molecule has 0 saturated carbocycles. The minimum absolute atomic E-state index is 0.176. The second-order valence-corrected chi connectivity index (χ2v) is 5.92. The Morgan fingerprint density at radius 1 is 1.47 bits per heavy atom. The summed E-state index contributed by atoms with van der Waals surface area (Å²) in [5.74, 6) is 0. The quantitative estimate of drug-likeness (QED) is 0.624. The number of hydrogen-bond donors (Lipinski definition) is 0. The number of carbonyl (C=O) groups is 1. The Balaban J connectivity index is 1.83. The van der Waals surface area contributed by atoms with Crippen molar-refractivity contribution in [3.8, 4) is 0 Å². The average Bonchev–Trinajstić information content (AvgIpc) is 3.22. The van der Waals surface area contributed by atoms with Gasteiger partial charge in [-0.15, -0.1) is 0 Å². The van der Waals surface area contributed by atoms with E-state index in [0.29, 0.717) is 6.42 Å². The van der Waals surface area contributed by atoms with Crippen LogP contribution in [0.4, 0.5) is 0 Å². The van der Waals surface area contributed by atoms with E-state index < -0.39 is 0 Å². The van der Waals surface area contributed by atoms with Gasteiger partial charge in [-0.1, -0.05) is 31.2 Å². The van der Waals surface area contributed by atoms with Gasteiger partial charge in [0.25, 0.3) is 0 Å². The molecule has 1 saturated heterocycles. The van der Waals surface area contributed by atoms with Crippen LogP contribution in [0.3, 0.4) is 0 Å². The Morgan fingerprint density at radius 3 is 3.00 bits per heavy atom. The normalized spacial score (nSPS) is 20.8. The predicted octanol–water partition coefficient (Wildman–Crippen LogP) is 3.22. The van der Waals surface area contributed by atoms with E-state index in [4.69, 9.17) is 4.74 Å². The van der Waals surface area contributed by atoms with E-state index in [1.54, 1.807) is 0 Å². The Kier molecular flexibility index (Phi) is 3.62. The molecule has 0 spiro atoms. The first-order chi connectivity index (χ1) is 9.28. The number of hydrogen-bond acceptors (Lipinski definition) is 4. The van der Waals surface area contributed by atoms with Crippen molar-refractivity contribution in [3.05, 3.63) is 41.1 Å². The van der Waals surface area contributed by atoms with Crippen LogP contribution in [0, 0.1) is 0 Å². The van der Waals surface area contributed by atoms with Crippen molar-refractivity contribution in [2.24, 2.45) is 0 Å². The monoisotopic (exact) mass is 275 g/mol. The molecule has 3 nitrogen and oxygen atoms in total. The van der Waals surface area contributed by atoms with Gasteiger partial charge < -0.3 is 9.04 Å². The molecular formula is C15H17NO2S. The number of epoxide rings is 1. The summed E-state index contributed by atoms with van der Waals surface area (Å²) in [6.45, 7) is 3.58. The first-order valence-electron chi connectivity index (χ1n) is 6.67. The van der Waals surface area contributed by atoms with Crippen LogP contribution in [0.15, 0.2) is 30.0 Å². The van der Waals surface area contributed by atoms with Gasteiger partial charge in [0.2, 0.25) is 5.12 Å². The van der Waals surface area contributed by atoms with Gasteiger partial charge in [0.1, 0.15) is 6.10 Å². The molecule has 19 heavy (non-hydrogen) atoms. The van der Waals surface area contributed by atoms with Crippen LogP contribution in [-0.2, 0) is 16.1 Å². The molecule has 1 fully saturated rings. The standard InChI is InChI=1S/C15H17NO2S/c1-2-5-15(17)19-16-9-12-7-4-3-6-11(12)8-13(16)14-10-18-14/h3-4,6-8,14H,2,5,9-10H2,1H3. The number of benzene rings is 1. The molecule has 2 heterocycles. The van der Waals surface area contributed by atoms with Crippen LogP contribution >= 0.6 is 11.9 Å². The Morgan fingerprint density at radius 2 is 2.26 bits per heavy atom. The highest BCUT2D eigenvalue weighted by Gasteiger charge is 2.34. The fourth-order valence-corrected chi connectivity index (χ4v) is 3.25. The highest BCUT2D eigenvalue weighted by Crippen LogP contribution is 2.36. The zero-order valence-electron chi connectivity index (χ0n) is 11.0. The summed E-state index contributed by atoms with van der Waals surface area (Å²) in [7, 11) is 0. The summed E-state index contributed by atoms with van der Waals surface area (Å²) in [5.41, 5.74) is 3.64. The molecule has 0 amide bonds. The zero-order valence-corrected chi connectivity index (χ0v) is 11.8. The van der Waals surface area contributed by atoms with Crippen LogP contribution in [0.5, 0.6) is 0 Å². The van der Waals surface area contributed by atoms with Crippen LogP contribution in [0.1, 0.15) is 30.9 Å². The molecule has 1 unspecified atom stereocenters. The lowest BCUT2D eigenvalue weighted by molar-refractivity contribution is -0.111. The molecule has 2 aliphatic rings. The molecule has 2 aliphatic heterocycles. The van der Waals surface area contributed by atoms with Crippen LogP contribution in [-0.4, -0.2) is 22.1 Å². The molecule has 1 aromatic rings. The Labute approximate surface area is 117 Å². The maximum atomic E-state index is 11.9. The second kappa shape index (κ2) is 5.39. The largest absolute Gasteiger partial charge is 0.366 e. The van der Waals surface area contributed by atoms with Gasteiger partial charge in [0.05, 0.1) is 18.8 Å². The van der Waals surface area contributed by atoms with Crippen molar-refractivity contribution in [2.45, 2.75) is 32.4 Å². The predicted molar refractivity (Wildman–Crippen MR) is 77.2 cm³/mol. The van der Waals surface area contributed by atoms with Crippen LogP contribution in [0.25, 0.3) is 6.08 Å². The minimum atomic E-state index is 0.176. The molecule has 0 radical (unpaired) electrons. The lowest BCUT2D eigenvalue weighted by Crippen LogP contribution is -2.24. The minimum Gasteiger partial charge on any atom is -0.366 e. The van der Waals surface area contributed by atoms with E-state index in [2.05, 4.69) is 22.5 Å². The SMILES string of the molecule is CCCC(=O)SN1Cc2ccccc2C=C1C1CO1. The van der Waals surface area contributed by atoms with Crippen molar-refractivity contribution in [1.82, 2.24) is 4.31 Å². The molecular weight excluding hydrogens is 258 g/mol. The summed E-state index contributed by atoms with van der Waals surface area (Å²) in [5, 5.41) is 0.230. The van der Waals surface area contributed by atoms with Crippen molar-refractivity contribution in [2.75, 3.05) is 6.61 Å². The van der Waals surface area contributed by atoms with Gasteiger partial charge in [0, 0.05) is 18.4 Å². The van der Waals surface area contributed by atoms with E-state index in [-0.39, 0.29) is 11.2 Å². The summed E-state index contributed by atoms with van der Waals surface area (Å²) in [6.07, 6.45) is 3.86. The second-order valence-electron chi connectivity index (χ2n) is 4.84. The maximum absolute atomic E-state index is 11.9. The molecule has 100 valence electrons. The highest BCUT2D eigenvalue weighted by atomic mass is 32.2. The number of ether oxygens (including phenoxy) is 1. The fraction of sp³-hybridized carbons (Fsp3) is 0.400. The smallest absolute Gasteiger partial charge is 0.209 e. The third-order valence-electron chi connectivity index (χ3n) is 3.29. The topological polar surface area (TPSA) is 32.8 Å². The van der Waals surface area contributed by atoms with Gasteiger partial charge in [-0.3, -0.25) is 4.79 Å². The summed E-state index contributed by atoms with van der Waals surface area (Å²) in [6, 6.07) is 8.33. The van der Waals surface area contributed by atoms with Gasteiger partial charge >= 0.3 is 0 Å². The molecule has 0 N–H and O–H groups in total. The Hall–Kier alpha value is -1.26. The number of carbonyl (C=O) groups excluding carboxylic acids is 1. The van der Waals surface area contributed by atoms with Crippen molar-refractivity contribution < 1.29 is 9.53 Å². The molecule has 3 rings (SSSR count). The lowest BCUT2D eigenvalue weighted by Gasteiger charge is -2.29. The molecule has 0 bridgehead atoms. The molecule has 1 aromatic carbocycles. The van der Waals surface area contributed by atoms with Crippen LogP contribution < -0.4 is 0 Å². The average molecular weight is 275 g/mol. The van der Waals surface area contributed by atoms with Crippen molar-refractivity contribution >= 4 is 23.1 Å². The van der Waals surface area contributed by atoms with Crippen molar-refractivity contribution in [1.29, 1.82) is 0 Å². The van der Waals surface area contributed by atoms with Gasteiger partial charge in [-0.2, -0.15) is 0 Å². The molecule has 0 aromatic heterocycles. The number of fused-ring (bicyclic) bond motifs is 1. The number of rotatable bonds is 4. The van der Waals surface area contributed by atoms with E-state index in [0.717, 1.165) is 25.3 Å². The van der Waals surface area contributed by atoms with E-state index in [1.165, 1.54) is 23.1 Å². The first kappa shape index (κ1) is 12.8.